The van der Waals surface area contributed by atoms with E-state index < -0.39 is 0 Å². The molecule has 4 heteroatoms. The Hall–Kier alpha value is -1.48. The molecule has 1 N–H and O–H groups in total. The second-order valence-electron chi connectivity index (χ2n) is 4.29. The number of hydrogen-bond donors (Lipinski definition) is 1. The van der Waals surface area contributed by atoms with Gasteiger partial charge in [0.05, 0.1) is 12.8 Å². The summed E-state index contributed by atoms with van der Waals surface area (Å²) in [5.74, 6) is 0.939. The summed E-state index contributed by atoms with van der Waals surface area (Å²) in [6.45, 7) is 0. The number of ether oxygens (including phenoxy) is 1. The molecule has 0 heterocycles. The zero-order chi connectivity index (χ0) is 13.0. The van der Waals surface area contributed by atoms with Gasteiger partial charge in [-0.2, -0.15) is 0 Å². The van der Waals surface area contributed by atoms with Gasteiger partial charge in [-0.15, -0.1) is 0 Å². The van der Waals surface area contributed by atoms with Crippen molar-refractivity contribution in [1.29, 1.82) is 0 Å². The average molecular weight is 266 g/mol. The number of anilines is 1. The third kappa shape index (κ3) is 3.05. The van der Waals surface area contributed by atoms with Gasteiger partial charge < -0.3 is 10.1 Å². The fourth-order valence-corrected chi connectivity index (χ4v) is 2.18. The van der Waals surface area contributed by atoms with E-state index in [1.807, 2.05) is 0 Å². The van der Waals surface area contributed by atoms with Crippen LogP contribution in [0.15, 0.2) is 30.0 Å². The lowest BCUT2D eigenvalue weighted by molar-refractivity contribution is -0.116. The van der Waals surface area contributed by atoms with Crippen molar-refractivity contribution in [3.05, 3.63) is 35.0 Å². The zero-order valence-corrected chi connectivity index (χ0v) is 11.1. The number of carbonyl (C=O) groups excluding carboxylic acids is 1. The molecule has 1 fully saturated rings. The molecule has 1 aliphatic carbocycles. The molecular weight excluding hydrogens is 250 g/mol. The van der Waals surface area contributed by atoms with Crippen molar-refractivity contribution in [2.45, 2.75) is 25.7 Å². The monoisotopic (exact) mass is 265 g/mol. The first kappa shape index (κ1) is 13.0. The lowest BCUT2D eigenvalue weighted by Crippen LogP contribution is -2.10. The van der Waals surface area contributed by atoms with Gasteiger partial charge in [-0.1, -0.05) is 11.6 Å². The second-order valence-corrected chi connectivity index (χ2v) is 4.73. The lowest BCUT2D eigenvalue weighted by Gasteiger charge is -2.14. The first-order valence-electron chi connectivity index (χ1n) is 6.03. The molecular formula is C14H16ClNO2. The van der Waals surface area contributed by atoms with Crippen molar-refractivity contribution in [1.82, 2.24) is 0 Å². The van der Waals surface area contributed by atoms with E-state index in [1.165, 1.54) is 0 Å². The summed E-state index contributed by atoms with van der Waals surface area (Å²) in [7, 11) is 1.60. The van der Waals surface area contributed by atoms with Crippen LogP contribution in [-0.4, -0.2) is 12.9 Å². The zero-order valence-electron chi connectivity index (χ0n) is 10.3. The minimum atomic E-state index is 0.231. The number of carbonyl (C=O) groups is 1. The number of rotatable bonds is 3. The van der Waals surface area contributed by atoms with Crippen molar-refractivity contribution in [2.75, 3.05) is 12.4 Å². The van der Waals surface area contributed by atoms with Crippen LogP contribution in [-0.2, 0) is 4.79 Å². The Morgan fingerprint density at radius 2 is 2.11 bits per heavy atom. The molecule has 1 aliphatic rings. The topological polar surface area (TPSA) is 38.3 Å². The molecule has 0 aromatic heterocycles. The van der Waals surface area contributed by atoms with Crippen LogP contribution < -0.4 is 10.1 Å². The van der Waals surface area contributed by atoms with Gasteiger partial charge in [-0.05, 0) is 37.5 Å². The molecule has 0 bridgehead atoms. The predicted octanol–water partition coefficient (Wildman–Crippen LogP) is 3.79. The third-order valence-electron chi connectivity index (χ3n) is 3.02. The summed E-state index contributed by atoms with van der Waals surface area (Å²) in [6, 6.07) is 5.35. The highest BCUT2D eigenvalue weighted by atomic mass is 35.5. The maximum absolute atomic E-state index is 11.7. The normalized spacial score (nSPS) is 17.9. The van der Waals surface area contributed by atoms with Gasteiger partial charge in [0.15, 0.2) is 5.78 Å². The number of halogens is 1. The van der Waals surface area contributed by atoms with E-state index in [2.05, 4.69) is 5.32 Å². The van der Waals surface area contributed by atoms with Gasteiger partial charge in [-0.3, -0.25) is 4.79 Å². The third-order valence-corrected chi connectivity index (χ3v) is 3.26. The molecule has 0 radical (unpaired) electrons. The summed E-state index contributed by atoms with van der Waals surface area (Å²) >= 11 is 5.94. The van der Waals surface area contributed by atoms with E-state index in [9.17, 15) is 4.79 Å². The molecule has 0 unspecified atom stereocenters. The van der Waals surface area contributed by atoms with Crippen molar-refractivity contribution in [2.24, 2.45) is 0 Å². The Labute approximate surface area is 112 Å². The fraction of sp³-hybridized carbons (Fsp3) is 0.357. The summed E-state index contributed by atoms with van der Waals surface area (Å²) in [6.07, 6.45) is 5.34. The van der Waals surface area contributed by atoms with E-state index in [0.717, 1.165) is 30.5 Å². The van der Waals surface area contributed by atoms with Crippen molar-refractivity contribution in [3.63, 3.8) is 0 Å². The summed E-state index contributed by atoms with van der Waals surface area (Å²) in [5.41, 5.74) is 1.62. The number of hydrogen-bond acceptors (Lipinski definition) is 3. The van der Waals surface area contributed by atoms with E-state index >= 15 is 0 Å². The number of methoxy groups -OCH3 is 1. The Bertz CT molecular complexity index is 483. The van der Waals surface area contributed by atoms with Gasteiger partial charge in [-0.25, -0.2) is 0 Å². The van der Waals surface area contributed by atoms with E-state index in [1.54, 1.807) is 31.5 Å². The highest BCUT2D eigenvalue weighted by Crippen LogP contribution is 2.28. The fourth-order valence-electron chi connectivity index (χ4n) is 2.01. The highest BCUT2D eigenvalue weighted by molar-refractivity contribution is 6.30. The first-order chi connectivity index (χ1) is 8.70. The molecule has 1 aromatic rings. The molecule has 0 aliphatic heterocycles. The van der Waals surface area contributed by atoms with Crippen molar-refractivity contribution >= 4 is 23.1 Å². The van der Waals surface area contributed by atoms with Crippen LogP contribution in [0.2, 0.25) is 5.02 Å². The molecule has 0 amide bonds. The molecule has 18 heavy (non-hydrogen) atoms. The van der Waals surface area contributed by atoms with Crippen LogP contribution in [0.5, 0.6) is 5.75 Å². The van der Waals surface area contributed by atoms with Gasteiger partial charge in [0, 0.05) is 23.2 Å². The average Bonchev–Trinajstić information content (AvgIpc) is 2.38. The quantitative estimate of drug-likeness (QED) is 0.845. The van der Waals surface area contributed by atoms with E-state index in [4.69, 9.17) is 16.3 Å². The molecule has 1 saturated carbocycles. The van der Waals surface area contributed by atoms with Crippen LogP contribution in [0.1, 0.15) is 25.7 Å². The number of nitrogens with one attached hydrogen (secondary N) is 1. The molecule has 1 aromatic carbocycles. The Balaban J connectivity index is 2.16. The summed E-state index contributed by atoms with van der Waals surface area (Å²) in [4.78, 5) is 11.7. The van der Waals surface area contributed by atoms with Gasteiger partial charge in [0.25, 0.3) is 0 Å². The molecule has 2 rings (SSSR count). The van der Waals surface area contributed by atoms with Crippen LogP contribution >= 0.6 is 11.6 Å². The first-order valence-corrected chi connectivity index (χ1v) is 6.41. The lowest BCUT2D eigenvalue weighted by atomic mass is 9.94. The van der Waals surface area contributed by atoms with Crippen LogP contribution in [0.4, 0.5) is 5.69 Å². The Kier molecular flexibility index (Phi) is 4.26. The standard InChI is InChI=1S/C14H16ClNO2/c1-18-14-7-6-11(15)8-12(14)16-9-10-4-2-3-5-13(10)17/h6-9,16H,2-5H2,1H3. The largest absolute Gasteiger partial charge is 0.495 e. The maximum Gasteiger partial charge on any atom is 0.160 e. The Morgan fingerprint density at radius 3 is 2.83 bits per heavy atom. The SMILES string of the molecule is COc1ccc(Cl)cc1NC=C1CCCCC1=O. The van der Waals surface area contributed by atoms with Crippen molar-refractivity contribution < 1.29 is 9.53 Å². The smallest absolute Gasteiger partial charge is 0.160 e. The molecule has 0 spiro atoms. The number of allylic oxidation sites excluding steroid dienone is 1. The van der Waals surface area contributed by atoms with E-state index in [0.29, 0.717) is 17.2 Å². The molecule has 0 atom stereocenters. The van der Waals surface area contributed by atoms with Crippen molar-refractivity contribution in [3.8, 4) is 5.75 Å². The van der Waals surface area contributed by atoms with Gasteiger partial charge in [0.2, 0.25) is 0 Å². The summed E-state index contributed by atoms with van der Waals surface area (Å²) < 4.78 is 5.23. The van der Waals surface area contributed by atoms with Gasteiger partial charge >= 0.3 is 0 Å². The minimum Gasteiger partial charge on any atom is -0.495 e. The number of ketones is 1. The van der Waals surface area contributed by atoms with Crippen LogP contribution in [0, 0.1) is 0 Å². The predicted molar refractivity (Wildman–Crippen MR) is 73.2 cm³/mol. The summed E-state index contributed by atoms with van der Waals surface area (Å²) in [5, 5.41) is 3.74. The number of benzene rings is 1. The second kappa shape index (κ2) is 5.91. The molecule has 96 valence electrons. The molecule has 0 saturated heterocycles. The Morgan fingerprint density at radius 1 is 1.33 bits per heavy atom. The van der Waals surface area contributed by atoms with Crippen LogP contribution in [0.3, 0.4) is 0 Å². The van der Waals surface area contributed by atoms with Crippen LogP contribution in [0.25, 0.3) is 0 Å². The minimum absolute atomic E-state index is 0.231. The number of Topliss-reactive ketones (excluding diaryl/α,β-unsaturated/α-hetero) is 1. The highest BCUT2D eigenvalue weighted by Gasteiger charge is 2.14. The van der Waals surface area contributed by atoms with Gasteiger partial charge in [0.1, 0.15) is 5.75 Å². The van der Waals surface area contributed by atoms with E-state index in [-0.39, 0.29) is 5.78 Å². The maximum atomic E-state index is 11.7. The molecule has 3 nitrogen and oxygen atoms in total.